The molecule has 2 aromatic carbocycles. The van der Waals surface area contributed by atoms with Crippen LogP contribution in [0.15, 0.2) is 48.5 Å². The van der Waals surface area contributed by atoms with Gasteiger partial charge >= 0.3 is 0 Å². The summed E-state index contributed by atoms with van der Waals surface area (Å²) in [5.74, 6) is 0.984. The van der Waals surface area contributed by atoms with Crippen molar-refractivity contribution >= 4 is 11.0 Å². The highest BCUT2D eigenvalue weighted by Crippen LogP contribution is 2.25. The van der Waals surface area contributed by atoms with Crippen molar-refractivity contribution in [1.82, 2.24) is 9.55 Å². The van der Waals surface area contributed by atoms with Crippen molar-refractivity contribution in [1.29, 1.82) is 0 Å². The van der Waals surface area contributed by atoms with Crippen LogP contribution in [-0.4, -0.2) is 29.3 Å². The molecule has 0 radical (unpaired) electrons. The van der Waals surface area contributed by atoms with Gasteiger partial charge in [-0.3, -0.25) is 0 Å². The number of rotatable bonds is 6. The maximum atomic E-state index is 5.54. The van der Waals surface area contributed by atoms with Crippen LogP contribution in [0.1, 0.15) is 5.56 Å². The van der Waals surface area contributed by atoms with Gasteiger partial charge in [0.2, 0.25) is 0 Å². The summed E-state index contributed by atoms with van der Waals surface area (Å²) in [4.78, 5) is 4.79. The average molecular weight is 295 g/mol. The van der Waals surface area contributed by atoms with Crippen LogP contribution in [0.5, 0.6) is 0 Å². The number of imidazole rings is 1. The van der Waals surface area contributed by atoms with Crippen LogP contribution < -0.4 is 5.73 Å². The van der Waals surface area contributed by atoms with Crippen LogP contribution in [-0.2, 0) is 11.3 Å². The van der Waals surface area contributed by atoms with E-state index in [4.69, 9.17) is 15.5 Å². The summed E-state index contributed by atoms with van der Waals surface area (Å²) < 4.78 is 7.76. The summed E-state index contributed by atoms with van der Waals surface area (Å²) in [7, 11) is 0. The Balaban J connectivity index is 1.98. The summed E-state index contributed by atoms with van der Waals surface area (Å²) in [6.45, 7) is 4.63. The molecule has 1 aromatic heterocycles. The normalized spacial score (nSPS) is 11.2. The lowest BCUT2D eigenvalue weighted by Gasteiger charge is -2.10. The van der Waals surface area contributed by atoms with Crippen molar-refractivity contribution in [3.05, 3.63) is 54.1 Å². The molecule has 0 atom stereocenters. The third kappa shape index (κ3) is 3.03. The summed E-state index contributed by atoms with van der Waals surface area (Å²) in [6, 6.07) is 16.7. The Bertz CT molecular complexity index is 747. The molecule has 0 aliphatic heterocycles. The summed E-state index contributed by atoms with van der Waals surface area (Å²) in [5.41, 5.74) is 9.99. The van der Waals surface area contributed by atoms with Gasteiger partial charge in [0.05, 0.1) is 24.2 Å². The van der Waals surface area contributed by atoms with E-state index in [0.29, 0.717) is 19.8 Å². The summed E-state index contributed by atoms with van der Waals surface area (Å²) in [6.07, 6.45) is 0. The molecule has 0 saturated heterocycles. The largest absolute Gasteiger partial charge is 0.378 e. The number of hydrogen-bond acceptors (Lipinski definition) is 3. The molecule has 0 amide bonds. The van der Waals surface area contributed by atoms with E-state index in [1.165, 1.54) is 5.56 Å². The van der Waals surface area contributed by atoms with Gasteiger partial charge in [-0.15, -0.1) is 0 Å². The first-order valence-electron chi connectivity index (χ1n) is 7.59. The minimum Gasteiger partial charge on any atom is -0.378 e. The van der Waals surface area contributed by atoms with Gasteiger partial charge in [0, 0.05) is 18.7 Å². The molecule has 0 aliphatic rings. The van der Waals surface area contributed by atoms with Crippen LogP contribution in [0.3, 0.4) is 0 Å². The lowest BCUT2D eigenvalue weighted by atomic mass is 10.1. The second-order valence-electron chi connectivity index (χ2n) is 5.34. The minimum absolute atomic E-state index is 0.551. The highest BCUT2D eigenvalue weighted by molar-refractivity contribution is 5.80. The second kappa shape index (κ2) is 6.73. The maximum absolute atomic E-state index is 5.54. The third-order valence-corrected chi connectivity index (χ3v) is 3.69. The predicted octanol–water partition coefficient (Wildman–Crippen LogP) is 2.99. The average Bonchev–Trinajstić information content (AvgIpc) is 2.91. The number of nitrogens with zero attached hydrogens (tertiary/aromatic N) is 2. The molecule has 0 saturated carbocycles. The zero-order chi connectivity index (χ0) is 15.4. The monoisotopic (exact) mass is 295 g/mol. The third-order valence-electron chi connectivity index (χ3n) is 3.69. The van der Waals surface area contributed by atoms with E-state index in [1.807, 2.05) is 18.2 Å². The van der Waals surface area contributed by atoms with Crippen molar-refractivity contribution in [3.8, 4) is 11.4 Å². The SMILES string of the molecule is Cc1ccc(-c2nc3ccccc3n2CCOCCN)cc1. The zero-order valence-electron chi connectivity index (χ0n) is 12.8. The minimum atomic E-state index is 0.551. The van der Waals surface area contributed by atoms with E-state index < -0.39 is 0 Å². The molecule has 4 heteroatoms. The fourth-order valence-corrected chi connectivity index (χ4v) is 2.57. The number of aromatic nitrogens is 2. The van der Waals surface area contributed by atoms with Gasteiger partial charge in [-0.1, -0.05) is 42.0 Å². The van der Waals surface area contributed by atoms with Gasteiger partial charge in [0.25, 0.3) is 0 Å². The number of nitrogens with two attached hydrogens (primary N) is 1. The standard InChI is InChI=1S/C18H21N3O/c1-14-6-8-15(9-7-14)18-20-16-4-2-3-5-17(16)21(18)11-13-22-12-10-19/h2-9H,10-13,19H2,1H3. The van der Waals surface area contributed by atoms with Gasteiger partial charge in [-0.2, -0.15) is 0 Å². The Morgan fingerprint density at radius 1 is 1.05 bits per heavy atom. The van der Waals surface area contributed by atoms with E-state index in [9.17, 15) is 0 Å². The van der Waals surface area contributed by atoms with Crippen LogP contribution in [0, 0.1) is 6.92 Å². The Hall–Kier alpha value is -2.17. The Labute approximate surface area is 130 Å². The van der Waals surface area contributed by atoms with E-state index in [1.54, 1.807) is 0 Å². The number of ether oxygens (including phenoxy) is 1. The van der Waals surface area contributed by atoms with Gasteiger partial charge in [-0.25, -0.2) is 4.98 Å². The lowest BCUT2D eigenvalue weighted by Crippen LogP contribution is -2.13. The fourth-order valence-electron chi connectivity index (χ4n) is 2.57. The van der Waals surface area contributed by atoms with E-state index in [-0.39, 0.29) is 0 Å². The van der Waals surface area contributed by atoms with Crippen molar-refractivity contribution < 1.29 is 4.74 Å². The highest BCUT2D eigenvalue weighted by Gasteiger charge is 2.11. The topological polar surface area (TPSA) is 53.1 Å². The van der Waals surface area contributed by atoms with E-state index >= 15 is 0 Å². The second-order valence-corrected chi connectivity index (χ2v) is 5.34. The van der Waals surface area contributed by atoms with Crippen LogP contribution >= 0.6 is 0 Å². The number of fused-ring (bicyclic) bond motifs is 1. The molecule has 3 rings (SSSR count). The Kier molecular flexibility index (Phi) is 4.51. The molecule has 3 aromatic rings. The molecule has 0 spiro atoms. The zero-order valence-corrected chi connectivity index (χ0v) is 12.8. The van der Waals surface area contributed by atoms with E-state index in [2.05, 4.69) is 41.8 Å². The Morgan fingerprint density at radius 2 is 1.82 bits per heavy atom. The molecular weight excluding hydrogens is 274 g/mol. The van der Waals surface area contributed by atoms with Gasteiger partial charge in [0.1, 0.15) is 5.82 Å². The van der Waals surface area contributed by atoms with Crippen molar-refractivity contribution in [2.24, 2.45) is 5.73 Å². The van der Waals surface area contributed by atoms with E-state index in [0.717, 1.165) is 29.0 Å². The van der Waals surface area contributed by atoms with Crippen molar-refractivity contribution in [2.45, 2.75) is 13.5 Å². The van der Waals surface area contributed by atoms with Gasteiger partial charge in [-0.05, 0) is 19.1 Å². The molecule has 0 unspecified atom stereocenters. The number of hydrogen-bond donors (Lipinski definition) is 1. The summed E-state index contributed by atoms with van der Waals surface area (Å²) >= 11 is 0. The number of aryl methyl sites for hydroxylation is 1. The predicted molar refractivity (Wildman–Crippen MR) is 89.8 cm³/mol. The molecule has 4 nitrogen and oxygen atoms in total. The van der Waals surface area contributed by atoms with Crippen LogP contribution in [0.2, 0.25) is 0 Å². The molecule has 22 heavy (non-hydrogen) atoms. The van der Waals surface area contributed by atoms with Crippen LogP contribution in [0.4, 0.5) is 0 Å². The summed E-state index contributed by atoms with van der Waals surface area (Å²) in [5, 5.41) is 0. The molecule has 1 heterocycles. The van der Waals surface area contributed by atoms with Crippen molar-refractivity contribution in [2.75, 3.05) is 19.8 Å². The molecule has 114 valence electrons. The van der Waals surface area contributed by atoms with Crippen molar-refractivity contribution in [3.63, 3.8) is 0 Å². The van der Waals surface area contributed by atoms with Gasteiger partial charge < -0.3 is 15.0 Å². The van der Waals surface area contributed by atoms with Gasteiger partial charge in [0.15, 0.2) is 0 Å². The maximum Gasteiger partial charge on any atom is 0.141 e. The number of benzene rings is 2. The fraction of sp³-hybridized carbons (Fsp3) is 0.278. The Morgan fingerprint density at radius 3 is 2.59 bits per heavy atom. The molecular formula is C18H21N3O. The molecule has 0 fully saturated rings. The quantitative estimate of drug-likeness (QED) is 0.711. The molecule has 0 bridgehead atoms. The van der Waals surface area contributed by atoms with Crippen LogP contribution in [0.25, 0.3) is 22.4 Å². The first-order chi connectivity index (χ1) is 10.8. The highest BCUT2D eigenvalue weighted by atomic mass is 16.5. The number of para-hydroxylation sites is 2. The molecule has 0 aliphatic carbocycles. The lowest BCUT2D eigenvalue weighted by molar-refractivity contribution is 0.134. The smallest absolute Gasteiger partial charge is 0.141 e. The molecule has 2 N–H and O–H groups in total. The first kappa shape index (κ1) is 14.8. The first-order valence-corrected chi connectivity index (χ1v) is 7.59.